The van der Waals surface area contributed by atoms with Gasteiger partial charge in [-0.25, -0.2) is 14.4 Å². The van der Waals surface area contributed by atoms with Crippen LogP contribution >= 0.6 is 11.8 Å². The molecule has 4 aromatic rings. The molecule has 1 unspecified atom stereocenters. The number of benzene rings is 1. The van der Waals surface area contributed by atoms with Gasteiger partial charge in [-0.05, 0) is 30.9 Å². The second-order valence-electron chi connectivity index (χ2n) is 7.81. The predicted octanol–water partition coefficient (Wildman–Crippen LogP) is 4.45. The lowest BCUT2D eigenvalue weighted by molar-refractivity contribution is 0.0960. The van der Waals surface area contributed by atoms with Gasteiger partial charge < -0.3 is 10.6 Å². The Kier molecular flexibility index (Phi) is 7.32. The summed E-state index contributed by atoms with van der Waals surface area (Å²) in [5, 5.41) is 6.42. The first-order valence-corrected chi connectivity index (χ1v) is 12.2. The van der Waals surface area contributed by atoms with Gasteiger partial charge in [0, 0.05) is 54.2 Å². The zero-order chi connectivity index (χ0) is 24.1. The molecule has 4 rings (SSSR count). The Morgan fingerprint density at radius 1 is 1.12 bits per heavy atom. The number of para-hydroxylation sites is 1. The van der Waals surface area contributed by atoms with Crippen LogP contribution in [0.4, 0.5) is 10.2 Å². The quantitative estimate of drug-likeness (QED) is 0.388. The molecular formula is C25H25FN6OS. The number of aromatic nitrogens is 4. The Bertz CT molecular complexity index is 1310. The van der Waals surface area contributed by atoms with Gasteiger partial charge in [-0.3, -0.25) is 14.8 Å². The highest BCUT2D eigenvalue weighted by atomic mass is 32.2. The van der Waals surface area contributed by atoms with Crippen LogP contribution in [-0.4, -0.2) is 51.4 Å². The van der Waals surface area contributed by atoms with Gasteiger partial charge in [0.2, 0.25) is 0 Å². The summed E-state index contributed by atoms with van der Waals surface area (Å²) in [6.07, 6.45) is 6.47. The lowest BCUT2D eigenvalue weighted by Gasteiger charge is -2.20. The highest BCUT2D eigenvalue weighted by Crippen LogP contribution is 2.30. The molecule has 0 spiro atoms. The van der Waals surface area contributed by atoms with E-state index in [1.165, 1.54) is 13.4 Å². The van der Waals surface area contributed by atoms with Crippen LogP contribution in [0.5, 0.6) is 0 Å². The maximum Gasteiger partial charge on any atom is 0.254 e. The van der Waals surface area contributed by atoms with E-state index in [2.05, 4.69) is 30.6 Å². The summed E-state index contributed by atoms with van der Waals surface area (Å²) < 4.78 is 14.4. The number of pyridine rings is 2. The van der Waals surface area contributed by atoms with Crippen molar-refractivity contribution in [2.45, 2.75) is 12.8 Å². The Balaban J connectivity index is 1.63. The average molecular weight is 477 g/mol. The smallest absolute Gasteiger partial charge is 0.254 e. The molecule has 0 aliphatic rings. The zero-order valence-electron chi connectivity index (χ0n) is 19.2. The first kappa shape index (κ1) is 23.6. The van der Waals surface area contributed by atoms with Crippen LogP contribution < -0.4 is 10.6 Å². The van der Waals surface area contributed by atoms with Crippen LogP contribution in [0.3, 0.4) is 0 Å². The summed E-state index contributed by atoms with van der Waals surface area (Å²) in [6, 6.07) is 11.4. The summed E-state index contributed by atoms with van der Waals surface area (Å²) in [7, 11) is 1.49. The molecule has 0 saturated carbocycles. The largest absolute Gasteiger partial charge is 0.369 e. The molecular weight excluding hydrogens is 451 g/mol. The molecule has 2 N–H and O–H groups in total. The van der Waals surface area contributed by atoms with Gasteiger partial charge in [0.25, 0.3) is 5.91 Å². The normalized spacial score (nSPS) is 11.9. The van der Waals surface area contributed by atoms with E-state index >= 15 is 0 Å². The van der Waals surface area contributed by atoms with Crippen molar-refractivity contribution in [1.82, 2.24) is 25.3 Å². The summed E-state index contributed by atoms with van der Waals surface area (Å²) in [4.78, 5) is 29.7. The molecule has 1 aromatic carbocycles. The lowest BCUT2D eigenvalue weighted by Crippen LogP contribution is -2.21. The lowest BCUT2D eigenvalue weighted by atomic mass is 9.95. The van der Waals surface area contributed by atoms with Crippen molar-refractivity contribution < 1.29 is 9.18 Å². The molecule has 3 heterocycles. The second kappa shape index (κ2) is 10.6. The van der Waals surface area contributed by atoms with Crippen LogP contribution in [0.15, 0.2) is 55.1 Å². The van der Waals surface area contributed by atoms with Crippen LogP contribution in [0.1, 0.15) is 27.5 Å². The number of aryl methyl sites for hydroxylation is 1. The Labute approximate surface area is 201 Å². The maximum atomic E-state index is 14.4. The Morgan fingerprint density at radius 3 is 2.71 bits per heavy atom. The van der Waals surface area contributed by atoms with Crippen molar-refractivity contribution in [3.05, 3.63) is 77.8 Å². The molecule has 0 fully saturated rings. The monoisotopic (exact) mass is 476 g/mol. The van der Waals surface area contributed by atoms with Gasteiger partial charge >= 0.3 is 0 Å². The molecule has 0 aliphatic heterocycles. The summed E-state index contributed by atoms with van der Waals surface area (Å²) in [5.74, 6) is 0.444. The Hall–Kier alpha value is -3.59. The van der Waals surface area contributed by atoms with E-state index in [0.717, 1.165) is 34.5 Å². The minimum atomic E-state index is -0.636. The van der Waals surface area contributed by atoms with E-state index in [1.807, 2.05) is 43.5 Å². The fourth-order valence-corrected chi connectivity index (χ4v) is 4.53. The van der Waals surface area contributed by atoms with Crippen LogP contribution in [-0.2, 0) is 0 Å². The average Bonchev–Trinajstić information content (AvgIpc) is 2.86. The van der Waals surface area contributed by atoms with Crippen molar-refractivity contribution in [3.8, 4) is 11.3 Å². The molecule has 3 aromatic heterocycles. The topological polar surface area (TPSA) is 92.7 Å². The minimum absolute atomic E-state index is 0.0114. The third-order valence-corrected chi connectivity index (χ3v) is 6.28. The number of nitrogens with zero attached hydrogens (tertiary/aromatic N) is 4. The van der Waals surface area contributed by atoms with Crippen molar-refractivity contribution in [1.29, 1.82) is 0 Å². The van der Waals surface area contributed by atoms with E-state index in [1.54, 1.807) is 24.0 Å². The molecule has 0 radical (unpaired) electrons. The zero-order valence-corrected chi connectivity index (χ0v) is 20.0. The molecule has 1 atom stereocenters. The Morgan fingerprint density at radius 2 is 1.97 bits per heavy atom. The fourth-order valence-electron chi connectivity index (χ4n) is 3.83. The molecule has 7 nitrogen and oxygen atoms in total. The van der Waals surface area contributed by atoms with E-state index in [0.29, 0.717) is 23.3 Å². The van der Waals surface area contributed by atoms with Gasteiger partial charge in [0.05, 0.1) is 23.0 Å². The van der Waals surface area contributed by atoms with Crippen molar-refractivity contribution in [3.63, 3.8) is 0 Å². The summed E-state index contributed by atoms with van der Waals surface area (Å²) >= 11 is 1.71. The van der Waals surface area contributed by atoms with E-state index < -0.39 is 11.7 Å². The molecule has 1 amide bonds. The SMILES string of the molecule is CNC(=O)c1c(F)cnc2c(C(CNc3cc(-c4ccc(C)nc4)ncn3)CSC)cccc12. The maximum absolute atomic E-state index is 14.4. The highest BCUT2D eigenvalue weighted by Gasteiger charge is 2.21. The third kappa shape index (κ3) is 4.99. The highest BCUT2D eigenvalue weighted by molar-refractivity contribution is 7.98. The van der Waals surface area contributed by atoms with Gasteiger partial charge in [-0.2, -0.15) is 11.8 Å². The number of carbonyl (C=O) groups excluding carboxylic acids is 1. The van der Waals surface area contributed by atoms with Gasteiger partial charge in [0.15, 0.2) is 5.82 Å². The minimum Gasteiger partial charge on any atom is -0.369 e. The van der Waals surface area contributed by atoms with Gasteiger partial charge in [-0.1, -0.05) is 18.2 Å². The molecule has 0 aliphatic carbocycles. The molecule has 0 saturated heterocycles. The van der Waals surface area contributed by atoms with Crippen LogP contribution in [0, 0.1) is 12.7 Å². The van der Waals surface area contributed by atoms with Crippen LogP contribution in [0.2, 0.25) is 0 Å². The van der Waals surface area contributed by atoms with Crippen molar-refractivity contribution in [2.24, 2.45) is 0 Å². The number of carbonyl (C=O) groups is 1. The number of amides is 1. The molecule has 0 bridgehead atoms. The third-order valence-electron chi connectivity index (χ3n) is 5.55. The first-order chi connectivity index (χ1) is 16.5. The number of halogens is 1. The summed E-state index contributed by atoms with van der Waals surface area (Å²) in [6.45, 7) is 2.52. The van der Waals surface area contributed by atoms with E-state index in [9.17, 15) is 9.18 Å². The summed E-state index contributed by atoms with van der Waals surface area (Å²) in [5.41, 5.74) is 4.22. The van der Waals surface area contributed by atoms with Crippen LogP contribution in [0.25, 0.3) is 22.2 Å². The van der Waals surface area contributed by atoms with E-state index in [4.69, 9.17) is 0 Å². The molecule has 9 heteroatoms. The number of thioether (sulfide) groups is 1. The van der Waals surface area contributed by atoms with Crippen molar-refractivity contribution in [2.75, 3.05) is 30.9 Å². The number of anilines is 1. The standard InChI is InChI=1S/C25H25FN6OS/c1-15-7-8-16(10-28-15)21-9-22(32-14-31-21)29-11-17(13-34-3)18-5-4-6-19-23(25(33)27-2)20(26)12-30-24(18)19/h4-10,12,14,17H,11,13H2,1-3H3,(H,27,33)(H,29,31,32). The first-order valence-electron chi connectivity index (χ1n) is 10.8. The number of fused-ring (bicyclic) bond motifs is 1. The number of hydrogen-bond acceptors (Lipinski definition) is 7. The number of nitrogens with one attached hydrogen (secondary N) is 2. The van der Waals surface area contributed by atoms with Crippen molar-refractivity contribution >= 4 is 34.4 Å². The number of hydrogen-bond donors (Lipinski definition) is 2. The second-order valence-corrected chi connectivity index (χ2v) is 8.72. The fraction of sp³-hybridized carbons (Fsp3) is 0.240. The van der Waals surface area contributed by atoms with Gasteiger partial charge in [-0.15, -0.1) is 0 Å². The predicted molar refractivity (Wildman–Crippen MR) is 135 cm³/mol. The molecule has 34 heavy (non-hydrogen) atoms. The van der Waals surface area contributed by atoms with E-state index in [-0.39, 0.29) is 11.5 Å². The van der Waals surface area contributed by atoms with Gasteiger partial charge in [0.1, 0.15) is 12.1 Å². The molecule has 174 valence electrons. The number of rotatable bonds is 8.